The zero-order valence-corrected chi connectivity index (χ0v) is 11.4. The first-order valence-electron chi connectivity index (χ1n) is 6.12. The Labute approximate surface area is 117 Å². The maximum absolute atomic E-state index is 8.89. The first-order valence-corrected chi connectivity index (χ1v) is 6.49. The third kappa shape index (κ3) is 3.24. The van der Waals surface area contributed by atoms with Crippen molar-refractivity contribution < 1.29 is 0 Å². The van der Waals surface area contributed by atoms with Crippen LogP contribution in [0, 0.1) is 11.3 Å². The van der Waals surface area contributed by atoms with Gasteiger partial charge in [-0.1, -0.05) is 42.8 Å². The Morgan fingerprint density at radius 3 is 2.63 bits per heavy atom. The van der Waals surface area contributed by atoms with Crippen LogP contribution >= 0.6 is 11.6 Å². The van der Waals surface area contributed by atoms with Crippen LogP contribution in [0.4, 0.5) is 5.82 Å². The van der Waals surface area contributed by atoms with E-state index in [0.717, 1.165) is 6.42 Å². The smallest absolute Gasteiger partial charge is 0.161 e. The van der Waals surface area contributed by atoms with Crippen LogP contribution in [0.5, 0.6) is 0 Å². The predicted octanol–water partition coefficient (Wildman–Crippen LogP) is 3.78. The fourth-order valence-corrected chi connectivity index (χ4v) is 2.03. The molecule has 1 aromatic carbocycles. The van der Waals surface area contributed by atoms with Gasteiger partial charge in [0.1, 0.15) is 11.9 Å². The molecule has 0 aliphatic carbocycles. The predicted molar refractivity (Wildman–Crippen MR) is 77.1 cm³/mol. The van der Waals surface area contributed by atoms with Crippen molar-refractivity contribution in [3.05, 3.63) is 58.2 Å². The monoisotopic (exact) mass is 271 g/mol. The Morgan fingerprint density at radius 2 is 1.95 bits per heavy atom. The van der Waals surface area contributed by atoms with Gasteiger partial charge < -0.3 is 5.32 Å². The average Bonchev–Trinajstić information content (AvgIpc) is 2.46. The van der Waals surface area contributed by atoms with Crippen LogP contribution in [-0.4, -0.2) is 4.98 Å². The Kier molecular flexibility index (Phi) is 4.38. The second-order valence-electron chi connectivity index (χ2n) is 4.11. The van der Waals surface area contributed by atoms with E-state index in [9.17, 15) is 0 Å². The number of anilines is 1. The largest absolute Gasteiger partial charge is 0.366 e. The number of benzene rings is 1. The third-order valence-corrected chi connectivity index (χ3v) is 3.22. The number of aryl methyl sites for hydroxylation is 1. The molecule has 96 valence electrons. The normalized spacial score (nSPS) is 9.95. The Balaban J connectivity index is 2.13. The fraction of sp³-hybridized carbons (Fsp3) is 0.200. The van der Waals surface area contributed by atoms with Crippen molar-refractivity contribution in [1.29, 1.82) is 5.26 Å². The second-order valence-corrected chi connectivity index (χ2v) is 4.52. The lowest BCUT2D eigenvalue weighted by Gasteiger charge is -2.10. The average molecular weight is 272 g/mol. The van der Waals surface area contributed by atoms with E-state index in [-0.39, 0.29) is 5.69 Å². The summed E-state index contributed by atoms with van der Waals surface area (Å²) in [6, 6.07) is 13.7. The topological polar surface area (TPSA) is 48.7 Å². The van der Waals surface area contributed by atoms with Crippen molar-refractivity contribution in [2.75, 3.05) is 5.32 Å². The van der Waals surface area contributed by atoms with E-state index in [2.05, 4.69) is 29.4 Å². The molecule has 0 fully saturated rings. The van der Waals surface area contributed by atoms with Crippen LogP contribution in [0.1, 0.15) is 23.7 Å². The highest BCUT2D eigenvalue weighted by atomic mass is 35.5. The second kappa shape index (κ2) is 6.21. The van der Waals surface area contributed by atoms with E-state index < -0.39 is 0 Å². The maximum atomic E-state index is 8.89. The number of hydrogen-bond acceptors (Lipinski definition) is 3. The summed E-state index contributed by atoms with van der Waals surface area (Å²) >= 11 is 5.85. The molecule has 2 aromatic rings. The molecule has 1 aromatic heterocycles. The Bertz CT molecular complexity index is 617. The number of aromatic nitrogens is 1. The standard InChI is InChI=1S/C15H14ClN3/c1-2-11-5-3-4-6-12(11)10-18-15-8-7-13(16)14(9-17)19-15/h3-8H,2,10H2,1H3,(H,18,19). The van der Waals surface area contributed by atoms with Crippen LogP contribution < -0.4 is 5.32 Å². The number of nitriles is 1. The number of pyridine rings is 1. The highest BCUT2D eigenvalue weighted by Gasteiger charge is 2.04. The van der Waals surface area contributed by atoms with E-state index in [0.29, 0.717) is 17.4 Å². The van der Waals surface area contributed by atoms with E-state index in [1.807, 2.05) is 18.2 Å². The van der Waals surface area contributed by atoms with Crippen LogP contribution in [0.2, 0.25) is 5.02 Å². The summed E-state index contributed by atoms with van der Waals surface area (Å²) in [7, 11) is 0. The summed E-state index contributed by atoms with van der Waals surface area (Å²) in [4.78, 5) is 4.16. The fourth-order valence-electron chi connectivity index (χ4n) is 1.88. The molecular weight excluding hydrogens is 258 g/mol. The molecule has 2 rings (SSSR count). The zero-order chi connectivity index (χ0) is 13.7. The van der Waals surface area contributed by atoms with Gasteiger partial charge in [0.15, 0.2) is 5.69 Å². The van der Waals surface area contributed by atoms with Gasteiger partial charge >= 0.3 is 0 Å². The number of nitrogens with one attached hydrogen (secondary N) is 1. The number of halogens is 1. The van der Waals surface area contributed by atoms with E-state index in [4.69, 9.17) is 16.9 Å². The quantitative estimate of drug-likeness (QED) is 0.921. The molecule has 0 aliphatic rings. The molecule has 0 aliphatic heterocycles. The van der Waals surface area contributed by atoms with E-state index in [1.165, 1.54) is 11.1 Å². The lowest BCUT2D eigenvalue weighted by Crippen LogP contribution is -2.04. The minimum atomic E-state index is 0.246. The van der Waals surface area contributed by atoms with Crippen molar-refractivity contribution in [3.63, 3.8) is 0 Å². The van der Waals surface area contributed by atoms with Gasteiger partial charge in [0.2, 0.25) is 0 Å². The Hall–Kier alpha value is -2.05. The van der Waals surface area contributed by atoms with Crippen molar-refractivity contribution >= 4 is 17.4 Å². The molecule has 0 saturated carbocycles. The number of rotatable bonds is 4. The van der Waals surface area contributed by atoms with Gasteiger partial charge in [-0.15, -0.1) is 0 Å². The lowest BCUT2D eigenvalue weighted by atomic mass is 10.1. The van der Waals surface area contributed by atoms with Gasteiger partial charge in [0, 0.05) is 6.54 Å². The molecule has 0 saturated heterocycles. The summed E-state index contributed by atoms with van der Waals surface area (Å²) in [6.45, 7) is 2.82. The lowest BCUT2D eigenvalue weighted by molar-refractivity contribution is 1.03. The molecule has 0 atom stereocenters. The van der Waals surface area contributed by atoms with Crippen LogP contribution in [0.25, 0.3) is 0 Å². The van der Waals surface area contributed by atoms with Crippen molar-refractivity contribution in [2.24, 2.45) is 0 Å². The first kappa shape index (κ1) is 13.4. The molecule has 4 heteroatoms. The van der Waals surface area contributed by atoms with Crippen molar-refractivity contribution in [2.45, 2.75) is 19.9 Å². The van der Waals surface area contributed by atoms with Gasteiger partial charge in [0.05, 0.1) is 5.02 Å². The number of nitrogens with zero attached hydrogens (tertiary/aromatic N) is 2. The van der Waals surface area contributed by atoms with Gasteiger partial charge in [-0.3, -0.25) is 0 Å². The minimum absolute atomic E-state index is 0.246. The summed E-state index contributed by atoms with van der Waals surface area (Å²) < 4.78 is 0. The van der Waals surface area contributed by atoms with Crippen molar-refractivity contribution in [3.8, 4) is 6.07 Å². The highest BCUT2D eigenvalue weighted by molar-refractivity contribution is 6.31. The molecular formula is C15H14ClN3. The van der Waals surface area contributed by atoms with Gasteiger partial charge in [-0.2, -0.15) is 5.26 Å². The summed E-state index contributed by atoms with van der Waals surface area (Å²) in [6.07, 6.45) is 0.995. The maximum Gasteiger partial charge on any atom is 0.161 e. The molecule has 1 N–H and O–H groups in total. The third-order valence-electron chi connectivity index (χ3n) is 2.91. The van der Waals surface area contributed by atoms with Crippen LogP contribution in [0.15, 0.2) is 36.4 Å². The first-order chi connectivity index (χ1) is 9.24. The van der Waals surface area contributed by atoms with Gasteiger partial charge in [-0.25, -0.2) is 4.98 Å². The highest BCUT2D eigenvalue weighted by Crippen LogP contribution is 2.17. The molecule has 0 amide bonds. The van der Waals surface area contributed by atoms with Crippen LogP contribution in [0.3, 0.4) is 0 Å². The number of hydrogen-bond donors (Lipinski definition) is 1. The zero-order valence-electron chi connectivity index (χ0n) is 10.7. The molecule has 0 spiro atoms. The van der Waals surface area contributed by atoms with Gasteiger partial charge in [0.25, 0.3) is 0 Å². The summed E-state index contributed by atoms with van der Waals surface area (Å²) in [5.41, 5.74) is 2.79. The molecule has 0 radical (unpaired) electrons. The molecule has 0 bridgehead atoms. The molecule has 1 heterocycles. The van der Waals surface area contributed by atoms with E-state index in [1.54, 1.807) is 12.1 Å². The molecule has 19 heavy (non-hydrogen) atoms. The SMILES string of the molecule is CCc1ccccc1CNc1ccc(Cl)c(C#N)n1. The van der Waals surface area contributed by atoms with Gasteiger partial charge in [-0.05, 0) is 29.7 Å². The van der Waals surface area contributed by atoms with E-state index >= 15 is 0 Å². The minimum Gasteiger partial charge on any atom is -0.366 e. The molecule has 3 nitrogen and oxygen atoms in total. The van der Waals surface area contributed by atoms with Crippen LogP contribution in [-0.2, 0) is 13.0 Å². The summed E-state index contributed by atoms with van der Waals surface area (Å²) in [5, 5.41) is 12.5. The molecule has 0 unspecified atom stereocenters. The summed E-state index contributed by atoms with van der Waals surface area (Å²) in [5.74, 6) is 0.659. The Morgan fingerprint density at radius 1 is 1.21 bits per heavy atom. The van der Waals surface area contributed by atoms with Crippen molar-refractivity contribution in [1.82, 2.24) is 4.98 Å².